The number of pyridine rings is 1. The van der Waals surface area contributed by atoms with Crippen LogP contribution in [0.5, 0.6) is 0 Å². The predicted molar refractivity (Wildman–Crippen MR) is 148 cm³/mol. The number of carbonyl (C=O) groups is 1. The second-order valence-corrected chi connectivity index (χ2v) is 10.3. The Morgan fingerprint density at radius 2 is 1.89 bits per heavy atom. The molecule has 1 amide bonds. The Labute approximate surface area is 229 Å². The van der Waals surface area contributed by atoms with E-state index in [9.17, 15) is 4.79 Å². The Kier molecular flexibility index (Phi) is 7.56. The first-order valence-electron chi connectivity index (χ1n) is 11.4. The van der Waals surface area contributed by atoms with Gasteiger partial charge in [-0.1, -0.05) is 70.7 Å². The average Bonchev–Trinajstić information content (AvgIpc) is 3.17. The molecule has 1 N–H and O–H groups in total. The highest BCUT2D eigenvalue weighted by molar-refractivity contribution is 6.42. The van der Waals surface area contributed by atoms with Crippen molar-refractivity contribution in [2.75, 3.05) is 13.1 Å². The van der Waals surface area contributed by atoms with Crippen LogP contribution in [0, 0.1) is 0 Å². The number of carbonyl (C=O) groups excluding carboxylic acids is 1. The van der Waals surface area contributed by atoms with Crippen LogP contribution < -0.4 is 5.32 Å². The van der Waals surface area contributed by atoms with Gasteiger partial charge in [-0.05, 0) is 53.1 Å². The molecule has 3 heterocycles. The van der Waals surface area contributed by atoms with Crippen molar-refractivity contribution in [2.45, 2.75) is 19.5 Å². The molecule has 9 heteroatoms. The molecule has 36 heavy (non-hydrogen) atoms. The number of nitrogens with zero attached hydrogens (tertiary/aromatic N) is 3. The molecule has 0 bridgehead atoms. The van der Waals surface area contributed by atoms with E-state index in [1.165, 1.54) is 0 Å². The van der Waals surface area contributed by atoms with Crippen molar-refractivity contribution in [3.63, 3.8) is 0 Å². The summed E-state index contributed by atoms with van der Waals surface area (Å²) >= 11 is 24.4. The van der Waals surface area contributed by atoms with Gasteiger partial charge in [-0.3, -0.25) is 9.47 Å². The number of hydrogen-bond acceptors (Lipinski definition) is 3. The van der Waals surface area contributed by atoms with Gasteiger partial charge in [0.25, 0.3) is 0 Å². The molecule has 2 aromatic carbocycles. The maximum absolute atomic E-state index is 13.3. The van der Waals surface area contributed by atoms with E-state index in [0.29, 0.717) is 26.8 Å². The van der Waals surface area contributed by atoms with Crippen LogP contribution in [0.1, 0.15) is 22.4 Å². The third kappa shape index (κ3) is 5.41. The van der Waals surface area contributed by atoms with Gasteiger partial charge in [0.05, 0.1) is 15.6 Å². The second kappa shape index (κ2) is 10.8. The van der Waals surface area contributed by atoms with Crippen LogP contribution >= 0.6 is 46.4 Å². The first kappa shape index (κ1) is 25.1. The number of nitrogens with one attached hydrogen (secondary N) is 1. The highest BCUT2D eigenvalue weighted by atomic mass is 35.5. The van der Waals surface area contributed by atoms with Crippen LogP contribution in [0.2, 0.25) is 20.2 Å². The van der Waals surface area contributed by atoms with E-state index in [0.717, 1.165) is 59.3 Å². The van der Waals surface area contributed by atoms with E-state index in [4.69, 9.17) is 46.4 Å². The number of rotatable bonds is 5. The number of hydrogen-bond donors (Lipinski definition) is 1. The highest BCUT2D eigenvalue weighted by Crippen LogP contribution is 2.32. The van der Waals surface area contributed by atoms with Crippen molar-refractivity contribution >= 4 is 69.4 Å². The van der Waals surface area contributed by atoms with E-state index in [1.54, 1.807) is 22.9 Å². The fourth-order valence-corrected chi connectivity index (χ4v) is 5.21. The summed E-state index contributed by atoms with van der Waals surface area (Å²) in [5.41, 5.74) is 4.86. The lowest BCUT2D eigenvalue weighted by molar-refractivity contribution is 0.240. The Morgan fingerprint density at radius 3 is 2.69 bits per heavy atom. The summed E-state index contributed by atoms with van der Waals surface area (Å²) in [6, 6.07) is 14.7. The van der Waals surface area contributed by atoms with Gasteiger partial charge < -0.3 is 5.32 Å². The monoisotopic (exact) mass is 558 g/mol. The second-order valence-electron chi connectivity index (χ2n) is 8.63. The lowest BCUT2D eigenvalue weighted by atomic mass is 10.0. The topological polar surface area (TPSA) is 50.2 Å². The van der Waals surface area contributed by atoms with Crippen molar-refractivity contribution in [3.8, 4) is 0 Å². The molecule has 5 nitrogen and oxygen atoms in total. The average molecular weight is 560 g/mol. The van der Waals surface area contributed by atoms with Gasteiger partial charge in [0, 0.05) is 54.9 Å². The minimum Gasteiger partial charge on any atom is -0.333 e. The molecular weight excluding hydrogens is 538 g/mol. The Balaban J connectivity index is 1.36. The van der Waals surface area contributed by atoms with Crippen LogP contribution in [0.25, 0.3) is 17.0 Å². The van der Waals surface area contributed by atoms with Gasteiger partial charge in [0.15, 0.2) is 0 Å². The van der Waals surface area contributed by atoms with Gasteiger partial charge in [-0.2, -0.15) is 0 Å². The molecule has 0 aliphatic carbocycles. The van der Waals surface area contributed by atoms with Crippen molar-refractivity contribution in [1.29, 1.82) is 0 Å². The fraction of sp³-hybridized carbons (Fsp3) is 0.185. The molecule has 4 aromatic rings. The summed E-state index contributed by atoms with van der Waals surface area (Å²) in [4.78, 5) is 19.7. The summed E-state index contributed by atoms with van der Waals surface area (Å²) in [6.45, 7) is 2.69. The Morgan fingerprint density at radius 1 is 1.03 bits per heavy atom. The van der Waals surface area contributed by atoms with E-state index >= 15 is 0 Å². The number of halogens is 4. The Bertz CT molecular complexity index is 1480. The molecule has 0 unspecified atom stereocenters. The fourth-order valence-electron chi connectivity index (χ4n) is 4.54. The number of aromatic nitrogens is 2. The first-order valence-corrected chi connectivity index (χ1v) is 12.9. The van der Waals surface area contributed by atoms with Crippen LogP contribution in [0.15, 0.2) is 60.8 Å². The summed E-state index contributed by atoms with van der Waals surface area (Å²) in [5.74, 6) is 0. The maximum Gasteiger partial charge on any atom is 0.326 e. The lowest BCUT2D eigenvalue weighted by Gasteiger charge is -2.27. The molecule has 1 aliphatic heterocycles. The van der Waals surface area contributed by atoms with Gasteiger partial charge in [0.2, 0.25) is 0 Å². The lowest BCUT2D eigenvalue weighted by Crippen LogP contribution is -2.34. The summed E-state index contributed by atoms with van der Waals surface area (Å²) in [6.07, 6.45) is 6.53. The zero-order chi connectivity index (χ0) is 25.2. The molecule has 1 aliphatic rings. The van der Waals surface area contributed by atoms with Crippen LogP contribution in [-0.4, -0.2) is 33.6 Å². The zero-order valence-corrected chi connectivity index (χ0v) is 22.2. The van der Waals surface area contributed by atoms with Crippen molar-refractivity contribution in [3.05, 3.63) is 103 Å². The van der Waals surface area contributed by atoms with Crippen LogP contribution in [0.3, 0.4) is 0 Å². The Hall–Kier alpha value is -2.54. The van der Waals surface area contributed by atoms with Crippen LogP contribution in [-0.2, 0) is 19.5 Å². The van der Waals surface area contributed by atoms with Gasteiger partial charge in [-0.15, -0.1) is 0 Å². The molecule has 0 saturated carbocycles. The van der Waals surface area contributed by atoms with Crippen molar-refractivity contribution < 1.29 is 4.79 Å². The van der Waals surface area contributed by atoms with Crippen LogP contribution in [0.4, 0.5) is 4.79 Å². The number of amides is 1. The van der Waals surface area contributed by atoms with E-state index < -0.39 is 0 Å². The molecule has 0 atom stereocenters. The SMILES string of the molecule is O=C(NCc1ccnc(Cl)c1)n1c2c(c3ccc(Cl)cc31)CN(C/C=C/c1ccc(Cl)c(Cl)c1)CC2. The third-order valence-corrected chi connectivity index (χ3v) is 7.43. The van der Waals surface area contributed by atoms with Crippen molar-refractivity contribution in [1.82, 2.24) is 19.8 Å². The van der Waals surface area contributed by atoms with E-state index in [-0.39, 0.29) is 6.03 Å². The highest BCUT2D eigenvalue weighted by Gasteiger charge is 2.26. The minimum absolute atomic E-state index is 0.190. The number of fused-ring (bicyclic) bond motifs is 3. The first-order chi connectivity index (χ1) is 17.4. The smallest absolute Gasteiger partial charge is 0.326 e. The quantitative estimate of drug-likeness (QED) is 0.258. The summed E-state index contributed by atoms with van der Waals surface area (Å²) in [5, 5.41) is 6.12. The summed E-state index contributed by atoms with van der Waals surface area (Å²) < 4.78 is 1.77. The molecule has 0 spiro atoms. The van der Waals surface area contributed by atoms with Gasteiger partial charge >= 0.3 is 6.03 Å². The molecular formula is C27H22Cl4N4O. The van der Waals surface area contributed by atoms with Crippen molar-refractivity contribution in [2.24, 2.45) is 0 Å². The van der Waals surface area contributed by atoms with Gasteiger partial charge in [0.1, 0.15) is 5.15 Å². The normalized spacial score (nSPS) is 13.9. The van der Waals surface area contributed by atoms with Gasteiger partial charge in [-0.25, -0.2) is 9.78 Å². The molecule has 0 radical (unpaired) electrons. The standard InChI is InChI=1S/C27H22Cl4N4O/c28-19-4-5-20-21-16-34(10-1-2-17-3-6-22(29)23(30)12-17)11-8-24(21)35(25(20)14-19)27(36)33-15-18-7-9-32-26(31)13-18/h1-7,9,12-14H,8,10-11,15-16H2,(H,33,36)/b2-1+. The number of benzene rings is 2. The molecule has 0 saturated heterocycles. The maximum atomic E-state index is 13.3. The van der Waals surface area contributed by atoms with E-state index in [1.807, 2.05) is 42.5 Å². The zero-order valence-electron chi connectivity index (χ0n) is 19.1. The van der Waals surface area contributed by atoms with E-state index in [2.05, 4.69) is 21.3 Å². The molecule has 5 rings (SSSR count). The molecule has 2 aromatic heterocycles. The molecule has 0 fully saturated rings. The minimum atomic E-state index is -0.190. The largest absolute Gasteiger partial charge is 0.333 e. The third-order valence-electron chi connectivity index (χ3n) is 6.25. The predicted octanol–water partition coefficient (Wildman–Crippen LogP) is 7.48. The molecule has 184 valence electrons. The summed E-state index contributed by atoms with van der Waals surface area (Å²) in [7, 11) is 0.